The molecule has 3 aromatic rings. The second-order valence-electron chi connectivity index (χ2n) is 5.32. The standard InChI is InChI=1S/C18H16FN3O3/c1-24-15-7-3-5-13(10-15)18-22-21-17(25-18)11-20-16(23)9-12-4-2-6-14(19)8-12/h2-8,10H,9,11H2,1H3,(H,20,23). The predicted molar refractivity (Wildman–Crippen MR) is 88.2 cm³/mol. The summed E-state index contributed by atoms with van der Waals surface area (Å²) in [6.07, 6.45) is 0.0780. The lowest BCUT2D eigenvalue weighted by Gasteiger charge is -2.03. The van der Waals surface area contributed by atoms with Crippen LogP contribution in [-0.2, 0) is 17.8 Å². The minimum atomic E-state index is -0.370. The number of nitrogens with one attached hydrogen (secondary N) is 1. The van der Waals surface area contributed by atoms with Crippen molar-refractivity contribution in [2.24, 2.45) is 0 Å². The monoisotopic (exact) mass is 341 g/mol. The first-order valence-electron chi connectivity index (χ1n) is 7.62. The van der Waals surface area contributed by atoms with E-state index in [1.165, 1.54) is 12.1 Å². The van der Waals surface area contributed by atoms with Gasteiger partial charge in [0.25, 0.3) is 0 Å². The highest BCUT2D eigenvalue weighted by Crippen LogP contribution is 2.22. The zero-order valence-electron chi connectivity index (χ0n) is 13.5. The molecule has 1 N–H and O–H groups in total. The molecule has 1 amide bonds. The number of nitrogens with zero attached hydrogens (tertiary/aromatic N) is 2. The molecule has 2 aromatic carbocycles. The Morgan fingerprint density at radius 1 is 1.20 bits per heavy atom. The lowest BCUT2D eigenvalue weighted by Crippen LogP contribution is -2.24. The van der Waals surface area contributed by atoms with Crippen LogP contribution in [0.4, 0.5) is 4.39 Å². The van der Waals surface area contributed by atoms with Crippen LogP contribution in [-0.4, -0.2) is 23.2 Å². The molecule has 0 saturated carbocycles. The molecule has 6 nitrogen and oxygen atoms in total. The van der Waals surface area contributed by atoms with Crippen molar-refractivity contribution in [3.05, 3.63) is 65.8 Å². The number of carbonyl (C=O) groups excluding carboxylic acids is 1. The van der Waals surface area contributed by atoms with E-state index in [1.54, 1.807) is 25.3 Å². The SMILES string of the molecule is COc1cccc(-c2nnc(CNC(=O)Cc3cccc(F)c3)o2)c1. The third-order valence-electron chi connectivity index (χ3n) is 3.47. The molecule has 25 heavy (non-hydrogen) atoms. The topological polar surface area (TPSA) is 77.3 Å². The number of hydrogen-bond acceptors (Lipinski definition) is 5. The highest BCUT2D eigenvalue weighted by atomic mass is 19.1. The molecule has 0 fully saturated rings. The molecular formula is C18H16FN3O3. The third-order valence-corrected chi connectivity index (χ3v) is 3.47. The van der Waals surface area contributed by atoms with Gasteiger partial charge in [0, 0.05) is 5.56 Å². The predicted octanol–water partition coefficient (Wildman–Crippen LogP) is 2.74. The van der Waals surface area contributed by atoms with Crippen molar-refractivity contribution < 1.29 is 18.3 Å². The van der Waals surface area contributed by atoms with Crippen LogP contribution in [0.1, 0.15) is 11.5 Å². The van der Waals surface area contributed by atoms with Gasteiger partial charge in [-0.3, -0.25) is 4.79 Å². The van der Waals surface area contributed by atoms with Gasteiger partial charge in [-0.2, -0.15) is 0 Å². The van der Waals surface area contributed by atoms with Gasteiger partial charge >= 0.3 is 0 Å². The molecule has 7 heteroatoms. The molecule has 0 radical (unpaired) electrons. The van der Waals surface area contributed by atoms with E-state index >= 15 is 0 Å². The quantitative estimate of drug-likeness (QED) is 0.746. The third kappa shape index (κ3) is 4.41. The Hall–Kier alpha value is -3.22. The van der Waals surface area contributed by atoms with E-state index < -0.39 is 0 Å². The van der Waals surface area contributed by atoms with Crippen molar-refractivity contribution in [3.8, 4) is 17.2 Å². The summed E-state index contributed by atoms with van der Waals surface area (Å²) >= 11 is 0. The summed E-state index contributed by atoms with van der Waals surface area (Å²) in [4.78, 5) is 11.9. The van der Waals surface area contributed by atoms with Gasteiger partial charge in [0.05, 0.1) is 20.1 Å². The highest BCUT2D eigenvalue weighted by Gasteiger charge is 2.11. The Bertz CT molecular complexity index is 879. The first-order valence-corrected chi connectivity index (χ1v) is 7.62. The number of halogens is 1. The zero-order valence-corrected chi connectivity index (χ0v) is 13.5. The fraction of sp³-hybridized carbons (Fsp3) is 0.167. The average Bonchev–Trinajstić information content (AvgIpc) is 3.09. The van der Waals surface area contributed by atoms with Crippen LogP contribution in [0, 0.1) is 5.82 Å². The first kappa shape index (κ1) is 16.6. The van der Waals surface area contributed by atoms with Gasteiger partial charge < -0.3 is 14.5 Å². The fourth-order valence-corrected chi connectivity index (χ4v) is 2.27. The summed E-state index contributed by atoms with van der Waals surface area (Å²) < 4.78 is 23.8. The maximum absolute atomic E-state index is 13.1. The molecule has 1 aromatic heterocycles. The van der Waals surface area contributed by atoms with Crippen LogP contribution in [0.5, 0.6) is 5.75 Å². The van der Waals surface area contributed by atoms with Crippen molar-refractivity contribution in [1.82, 2.24) is 15.5 Å². The van der Waals surface area contributed by atoms with Crippen molar-refractivity contribution in [2.45, 2.75) is 13.0 Å². The molecule has 0 aliphatic heterocycles. The fourth-order valence-electron chi connectivity index (χ4n) is 2.27. The Kier molecular flexibility index (Phi) is 5.03. The second-order valence-corrected chi connectivity index (χ2v) is 5.32. The summed E-state index contributed by atoms with van der Waals surface area (Å²) in [6, 6.07) is 13.1. The van der Waals surface area contributed by atoms with Crippen LogP contribution < -0.4 is 10.1 Å². The highest BCUT2D eigenvalue weighted by molar-refractivity contribution is 5.78. The van der Waals surface area contributed by atoms with E-state index in [1.807, 2.05) is 18.2 Å². The molecule has 128 valence electrons. The first-order chi connectivity index (χ1) is 12.1. The average molecular weight is 341 g/mol. The Morgan fingerprint density at radius 3 is 2.84 bits per heavy atom. The molecule has 0 spiro atoms. The van der Waals surface area contributed by atoms with Crippen LogP contribution in [0.2, 0.25) is 0 Å². The van der Waals surface area contributed by atoms with E-state index in [0.29, 0.717) is 17.2 Å². The van der Waals surface area contributed by atoms with Crippen molar-refractivity contribution in [1.29, 1.82) is 0 Å². The molecule has 0 unspecified atom stereocenters. The van der Waals surface area contributed by atoms with Gasteiger partial charge in [-0.15, -0.1) is 10.2 Å². The Balaban J connectivity index is 1.59. The summed E-state index contributed by atoms with van der Waals surface area (Å²) in [5.41, 5.74) is 1.32. The van der Waals surface area contributed by atoms with Gasteiger partial charge in [-0.25, -0.2) is 4.39 Å². The Morgan fingerprint density at radius 2 is 2.04 bits per heavy atom. The van der Waals surface area contributed by atoms with Crippen LogP contribution in [0.25, 0.3) is 11.5 Å². The van der Waals surface area contributed by atoms with E-state index in [0.717, 1.165) is 5.56 Å². The summed E-state index contributed by atoms with van der Waals surface area (Å²) in [5.74, 6) is 0.677. The smallest absolute Gasteiger partial charge is 0.247 e. The molecule has 0 atom stereocenters. The number of hydrogen-bond donors (Lipinski definition) is 1. The largest absolute Gasteiger partial charge is 0.497 e. The molecule has 0 aliphatic rings. The normalized spacial score (nSPS) is 10.5. The molecule has 1 heterocycles. The van der Waals surface area contributed by atoms with Crippen molar-refractivity contribution >= 4 is 5.91 Å². The van der Waals surface area contributed by atoms with Gasteiger partial charge in [0.2, 0.25) is 17.7 Å². The van der Waals surface area contributed by atoms with E-state index in [-0.39, 0.29) is 30.6 Å². The van der Waals surface area contributed by atoms with Gasteiger partial charge in [0.1, 0.15) is 11.6 Å². The zero-order chi connectivity index (χ0) is 17.6. The molecular weight excluding hydrogens is 325 g/mol. The van der Waals surface area contributed by atoms with Crippen molar-refractivity contribution in [3.63, 3.8) is 0 Å². The lowest BCUT2D eigenvalue weighted by atomic mass is 10.1. The number of methoxy groups -OCH3 is 1. The summed E-state index contributed by atoms with van der Waals surface area (Å²) in [5, 5.41) is 10.5. The van der Waals surface area contributed by atoms with E-state index in [4.69, 9.17) is 9.15 Å². The minimum absolute atomic E-state index is 0.0780. The summed E-state index contributed by atoms with van der Waals surface area (Å²) in [7, 11) is 1.58. The molecule has 3 rings (SSSR count). The van der Waals surface area contributed by atoms with Crippen molar-refractivity contribution in [2.75, 3.05) is 7.11 Å². The van der Waals surface area contributed by atoms with Gasteiger partial charge in [-0.05, 0) is 35.9 Å². The second kappa shape index (κ2) is 7.57. The van der Waals surface area contributed by atoms with Crippen LogP contribution in [0.15, 0.2) is 52.9 Å². The number of carbonyl (C=O) groups is 1. The number of ether oxygens (including phenoxy) is 1. The summed E-state index contributed by atoms with van der Waals surface area (Å²) in [6.45, 7) is 0.102. The van der Waals surface area contributed by atoms with E-state index in [9.17, 15) is 9.18 Å². The van der Waals surface area contributed by atoms with Gasteiger partial charge in [-0.1, -0.05) is 18.2 Å². The maximum atomic E-state index is 13.1. The number of aromatic nitrogens is 2. The minimum Gasteiger partial charge on any atom is -0.497 e. The van der Waals surface area contributed by atoms with E-state index in [2.05, 4.69) is 15.5 Å². The maximum Gasteiger partial charge on any atom is 0.247 e. The number of rotatable bonds is 6. The molecule has 0 saturated heterocycles. The molecule has 0 bridgehead atoms. The number of amides is 1. The Labute approximate surface area is 143 Å². The van der Waals surface area contributed by atoms with Crippen LogP contribution >= 0.6 is 0 Å². The molecule has 0 aliphatic carbocycles. The number of benzene rings is 2. The van der Waals surface area contributed by atoms with Gasteiger partial charge in [0.15, 0.2) is 0 Å². The lowest BCUT2D eigenvalue weighted by molar-refractivity contribution is -0.120. The van der Waals surface area contributed by atoms with Crippen LogP contribution in [0.3, 0.4) is 0 Å².